The molecule has 0 radical (unpaired) electrons. The molecule has 2 saturated heterocycles. The molecule has 0 aliphatic carbocycles. The van der Waals surface area contributed by atoms with Crippen molar-refractivity contribution in [3.05, 3.63) is 48.1 Å². The Morgan fingerprint density at radius 2 is 2.03 bits per heavy atom. The maximum Gasteiger partial charge on any atom is 0.262 e. The van der Waals surface area contributed by atoms with Crippen LogP contribution in [0, 0.1) is 11.6 Å². The van der Waals surface area contributed by atoms with Gasteiger partial charge in [-0.1, -0.05) is 12.6 Å². The highest BCUT2D eigenvalue weighted by Gasteiger charge is 2.43. The number of pyridine rings is 1. The Balaban J connectivity index is 1.67. The summed E-state index contributed by atoms with van der Waals surface area (Å²) in [7, 11) is 1.59. The SMILES string of the molecule is C=CC(=O)N1CCN2C(=O)c3c(N4CCC(OC)[C@@H]4C)nc(-c4c(O)cccc4F)c(F)c3OCC2C1. The van der Waals surface area contributed by atoms with Gasteiger partial charge in [-0.05, 0) is 31.6 Å². The summed E-state index contributed by atoms with van der Waals surface area (Å²) in [6, 6.07) is 2.89. The Bertz CT molecular complexity index is 1250. The minimum absolute atomic E-state index is 0.0633. The minimum Gasteiger partial charge on any atom is -0.507 e. The summed E-state index contributed by atoms with van der Waals surface area (Å²) in [5.41, 5.74) is -0.930. The van der Waals surface area contributed by atoms with Gasteiger partial charge in [-0.15, -0.1) is 0 Å². The van der Waals surface area contributed by atoms with Crippen molar-refractivity contribution >= 4 is 17.6 Å². The van der Waals surface area contributed by atoms with E-state index in [0.29, 0.717) is 19.5 Å². The van der Waals surface area contributed by atoms with Gasteiger partial charge in [-0.2, -0.15) is 0 Å². The monoisotopic (exact) mass is 514 g/mol. The third-order valence-corrected chi connectivity index (χ3v) is 7.43. The van der Waals surface area contributed by atoms with Crippen molar-refractivity contribution in [2.45, 2.75) is 31.5 Å². The van der Waals surface area contributed by atoms with E-state index < -0.39 is 40.6 Å². The molecular formula is C26H28F2N4O5. The second-order valence-electron chi connectivity index (χ2n) is 9.38. The first-order chi connectivity index (χ1) is 17.8. The molecule has 3 aliphatic rings. The molecule has 4 heterocycles. The number of amides is 2. The number of phenols is 1. The quantitative estimate of drug-likeness (QED) is 0.627. The van der Waals surface area contributed by atoms with Crippen LogP contribution in [0.2, 0.25) is 0 Å². The summed E-state index contributed by atoms with van der Waals surface area (Å²) in [5.74, 6) is -3.36. The number of hydrogen-bond acceptors (Lipinski definition) is 7. The third kappa shape index (κ3) is 4.07. The normalized spacial score (nSPS) is 23.3. The van der Waals surface area contributed by atoms with E-state index in [-0.39, 0.29) is 54.9 Å². The molecule has 1 aromatic carbocycles. The lowest BCUT2D eigenvalue weighted by Gasteiger charge is -2.39. The summed E-state index contributed by atoms with van der Waals surface area (Å²) in [6.07, 6.45) is 1.70. The summed E-state index contributed by atoms with van der Waals surface area (Å²) in [4.78, 5) is 35.5. The number of fused-ring (bicyclic) bond motifs is 2. The number of piperazine rings is 1. The second-order valence-corrected chi connectivity index (χ2v) is 9.38. The van der Waals surface area contributed by atoms with Crippen LogP contribution < -0.4 is 9.64 Å². The first-order valence-corrected chi connectivity index (χ1v) is 12.1. The van der Waals surface area contributed by atoms with Crippen LogP contribution >= 0.6 is 0 Å². The standard InChI is InChI=1S/C26H28F2N4O5/c1-4-19(34)30-10-11-32-15(12-30)13-37-24-21(26(32)35)25(31-9-8-18(36-3)14(31)2)29-23(22(24)28)20-16(27)6-5-7-17(20)33/h4-7,14-15,18,33H,1,8-13H2,2-3H3/t14-,15?,18?/m0/s1. The first-order valence-electron chi connectivity index (χ1n) is 12.1. The van der Waals surface area contributed by atoms with Gasteiger partial charge in [0.2, 0.25) is 5.91 Å². The number of carbonyl (C=O) groups excluding carboxylic acids is 2. The number of halogens is 2. The second kappa shape index (κ2) is 9.62. The van der Waals surface area contributed by atoms with E-state index in [1.54, 1.807) is 16.9 Å². The topological polar surface area (TPSA) is 95.4 Å². The highest BCUT2D eigenvalue weighted by atomic mass is 19.1. The molecule has 1 N–H and O–H groups in total. The number of aromatic hydroxyl groups is 1. The highest BCUT2D eigenvalue weighted by Crippen LogP contribution is 2.43. The lowest BCUT2D eigenvalue weighted by molar-refractivity contribution is -0.128. The maximum absolute atomic E-state index is 16.0. The number of anilines is 1. The van der Waals surface area contributed by atoms with Crippen LogP contribution in [-0.4, -0.2) is 89.8 Å². The van der Waals surface area contributed by atoms with Gasteiger partial charge in [0.05, 0.1) is 23.8 Å². The van der Waals surface area contributed by atoms with Crippen molar-refractivity contribution in [1.29, 1.82) is 0 Å². The van der Waals surface area contributed by atoms with Crippen LogP contribution in [0.1, 0.15) is 23.7 Å². The molecule has 2 fully saturated rings. The molecule has 3 aliphatic heterocycles. The van der Waals surface area contributed by atoms with Gasteiger partial charge < -0.3 is 29.3 Å². The van der Waals surface area contributed by atoms with E-state index in [1.165, 1.54) is 18.2 Å². The summed E-state index contributed by atoms with van der Waals surface area (Å²) < 4.78 is 42.4. The number of ether oxygens (including phenoxy) is 2. The van der Waals surface area contributed by atoms with E-state index >= 15 is 4.39 Å². The largest absolute Gasteiger partial charge is 0.507 e. The predicted octanol–water partition coefficient (Wildman–Crippen LogP) is 2.58. The Kier molecular flexibility index (Phi) is 6.49. The van der Waals surface area contributed by atoms with Crippen LogP contribution in [0.25, 0.3) is 11.3 Å². The Morgan fingerprint density at radius 3 is 2.70 bits per heavy atom. The van der Waals surface area contributed by atoms with Crippen LogP contribution in [-0.2, 0) is 9.53 Å². The average Bonchev–Trinajstić information content (AvgIpc) is 3.19. The van der Waals surface area contributed by atoms with Crippen molar-refractivity contribution in [1.82, 2.24) is 14.8 Å². The summed E-state index contributed by atoms with van der Waals surface area (Å²) in [5, 5.41) is 10.4. The fourth-order valence-electron chi connectivity index (χ4n) is 5.42. The number of hydrogen-bond donors (Lipinski definition) is 1. The molecule has 0 bridgehead atoms. The smallest absolute Gasteiger partial charge is 0.262 e. The van der Waals surface area contributed by atoms with Gasteiger partial charge in [0.1, 0.15) is 35.2 Å². The van der Waals surface area contributed by atoms with Crippen LogP contribution in [0.15, 0.2) is 30.9 Å². The van der Waals surface area contributed by atoms with E-state index in [0.717, 1.165) is 6.07 Å². The number of carbonyl (C=O) groups is 2. The van der Waals surface area contributed by atoms with Crippen LogP contribution in [0.5, 0.6) is 11.5 Å². The van der Waals surface area contributed by atoms with E-state index in [1.807, 2.05) is 11.8 Å². The number of methoxy groups -OCH3 is 1. The van der Waals surface area contributed by atoms with Gasteiger partial charge in [0.25, 0.3) is 5.91 Å². The molecule has 196 valence electrons. The molecule has 5 rings (SSSR count). The average molecular weight is 515 g/mol. The van der Waals surface area contributed by atoms with Gasteiger partial charge >= 0.3 is 0 Å². The Labute approximate surface area is 212 Å². The lowest BCUT2D eigenvalue weighted by atomic mass is 10.0. The van der Waals surface area contributed by atoms with Gasteiger partial charge in [-0.25, -0.2) is 13.8 Å². The highest BCUT2D eigenvalue weighted by molar-refractivity contribution is 6.03. The van der Waals surface area contributed by atoms with Crippen molar-refractivity contribution in [2.75, 3.05) is 44.8 Å². The molecule has 0 saturated carbocycles. The molecule has 2 amide bonds. The van der Waals surface area contributed by atoms with Gasteiger partial charge in [-0.3, -0.25) is 9.59 Å². The van der Waals surface area contributed by atoms with Gasteiger partial charge in [0, 0.05) is 33.3 Å². The molecule has 3 atom stereocenters. The minimum atomic E-state index is -1.04. The number of aromatic nitrogens is 1. The van der Waals surface area contributed by atoms with E-state index in [2.05, 4.69) is 11.6 Å². The number of benzene rings is 1. The molecule has 9 nitrogen and oxygen atoms in total. The van der Waals surface area contributed by atoms with Crippen LogP contribution in [0.3, 0.4) is 0 Å². The zero-order chi connectivity index (χ0) is 26.4. The van der Waals surface area contributed by atoms with Gasteiger partial charge in [0.15, 0.2) is 11.6 Å². The Morgan fingerprint density at radius 1 is 1.24 bits per heavy atom. The number of rotatable bonds is 4. The molecule has 1 aromatic heterocycles. The molecule has 11 heteroatoms. The van der Waals surface area contributed by atoms with Crippen LogP contribution in [0.4, 0.5) is 14.6 Å². The van der Waals surface area contributed by atoms with E-state index in [4.69, 9.17) is 9.47 Å². The van der Waals surface area contributed by atoms with Crippen molar-refractivity contribution in [3.8, 4) is 22.8 Å². The lowest BCUT2D eigenvalue weighted by Crippen LogP contribution is -2.57. The maximum atomic E-state index is 16.0. The third-order valence-electron chi connectivity index (χ3n) is 7.43. The van der Waals surface area contributed by atoms with Crippen molar-refractivity contribution in [2.24, 2.45) is 0 Å². The molecule has 0 spiro atoms. The van der Waals surface area contributed by atoms with Crippen molar-refractivity contribution < 1.29 is 33.0 Å². The predicted molar refractivity (Wildman–Crippen MR) is 131 cm³/mol. The zero-order valence-electron chi connectivity index (χ0n) is 20.6. The zero-order valence-corrected chi connectivity index (χ0v) is 20.6. The fraction of sp³-hybridized carbons (Fsp3) is 0.423. The van der Waals surface area contributed by atoms with Crippen molar-refractivity contribution in [3.63, 3.8) is 0 Å². The molecule has 37 heavy (non-hydrogen) atoms. The first kappa shape index (κ1) is 24.9. The molecule has 2 unspecified atom stereocenters. The Hall–Kier alpha value is -3.73. The van der Waals surface area contributed by atoms with E-state index in [9.17, 15) is 19.1 Å². The molecule has 2 aromatic rings. The summed E-state index contributed by atoms with van der Waals surface area (Å²) in [6.45, 7) is 6.51. The number of nitrogens with zero attached hydrogens (tertiary/aromatic N) is 4. The fourth-order valence-corrected chi connectivity index (χ4v) is 5.42. The molecular weight excluding hydrogens is 486 g/mol. The number of phenolic OH excluding ortho intramolecular Hbond substituents is 1. The summed E-state index contributed by atoms with van der Waals surface area (Å²) >= 11 is 0.